The van der Waals surface area contributed by atoms with Crippen LogP contribution in [0.5, 0.6) is 0 Å². The van der Waals surface area contributed by atoms with Crippen LogP contribution in [0.25, 0.3) is 0 Å². The lowest BCUT2D eigenvalue weighted by Crippen LogP contribution is -2.30. The molecule has 0 aliphatic carbocycles. The third kappa shape index (κ3) is 4.54. The molecule has 0 aliphatic rings. The first-order chi connectivity index (χ1) is 10.00. The van der Waals surface area contributed by atoms with E-state index in [0.29, 0.717) is 12.8 Å². The Morgan fingerprint density at radius 1 is 1.32 bits per heavy atom. The van der Waals surface area contributed by atoms with Crippen molar-refractivity contribution in [1.82, 2.24) is 0 Å². The van der Waals surface area contributed by atoms with Crippen LogP contribution in [0.15, 0.2) is 12.1 Å². The van der Waals surface area contributed by atoms with Crippen molar-refractivity contribution < 1.29 is 9.18 Å². The van der Waals surface area contributed by atoms with Crippen LogP contribution in [0, 0.1) is 22.1 Å². The fraction of sp³-hybridized carbons (Fsp3) is 0.529. The minimum absolute atomic E-state index is 0.0383. The van der Waals surface area contributed by atoms with E-state index in [9.17, 15) is 9.18 Å². The van der Waals surface area contributed by atoms with Crippen LogP contribution in [0.2, 0.25) is 5.02 Å². The van der Waals surface area contributed by atoms with Crippen molar-refractivity contribution in [3.8, 4) is 0 Å². The summed E-state index contributed by atoms with van der Waals surface area (Å²) in [6.07, 6.45) is 2.99. The number of hydrogen-bond donors (Lipinski definition) is 2. The highest BCUT2D eigenvalue weighted by molar-refractivity contribution is 6.33. The minimum atomic E-state index is -0.749. The van der Waals surface area contributed by atoms with Gasteiger partial charge in [0.25, 0.3) is 0 Å². The predicted octanol–water partition coefficient (Wildman–Crippen LogP) is 5.12. The summed E-state index contributed by atoms with van der Waals surface area (Å²) >= 11 is 5.88. The monoisotopic (exact) mass is 326 g/mol. The first-order valence-corrected chi connectivity index (χ1v) is 7.66. The first kappa shape index (κ1) is 18.6. The molecule has 0 heterocycles. The van der Waals surface area contributed by atoms with Crippen LogP contribution in [0.1, 0.15) is 57.3 Å². The summed E-state index contributed by atoms with van der Waals surface area (Å²) < 4.78 is 13.7. The zero-order valence-corrected chi connectivity index (χ0v) is 14.4. The van der Waals surface area contributed by atoms with Gasteiger partial charge in [0.2, 0.25) is 0 Å². The topological polar surface area (TPSA) is 66.9 Å². The summed E-state index contributed by atoms with van der Waals surface area (Å²) in [5.41, 5.74) is 4.86. The summed E-state index contributed by atoms with van der Waals surface area (Å²) in [5.74, 6) is -0.898. The zero-order valence-electron chi connectivity index (χ0n) is 13.6. The molecule has 122 valence electrons. The smallest absolute Gasteiger partial charge is 0.169 e. The highest BCUT2D eigenvalue weighted by Gasteiger charge is 2.34. The number of benzene rings is 1. The Morgan fingerprint density at radius 2 is 1.91 bits per heavy atom. The summed E-state index contributed by atoms with van der Waals surface area (Å²) in [5, 5.41) is 7.41. The number of hydrogen-bond acceptors (Lipinski definition) is 3. The SMILES string of the molecule is CC(C)(C)CC[C@@](C)(CC=N)C(=O)c1cc(F)c(N)c(Cl)c1. The molecule has 0 bridgehead atoms. The van der Waals surface area contributed by atoms with Crippen LogP contribution in [-0.4, -0.2) is 12.0 Å². The number of halogens is 2. The molecule has 22 heavy (non-hydrogen) atoms. The van der Waals surface area contributed by atoms with Crippen molar-refractivity contribution >= 4 is 29.3 Å². The number of Topliss-reactive ketones (excluding diaryl/α,β-unsaturated/α-hetero) is 1. The lowest BCUT2D eigenvalue weighted by molar-refractivity contribution is 0.0793. The molecule has 1 rings (SSSR count). The second-order valence-electron chi connectivity index (χ2n) is 7.21. The Bertz CT molecular complexity index is 558. The number of ketones is 1. The van der Waals surface area contributed by atoms with E-state index in [2.05, 4.69) is 20.8 Å². The molecule has 1 atom stereocenters. The number of nitrogen functional groups attached to an aromatic ring is 1. The second-order valence-corrected chi connectivity index (χ2v) is 7.62. The minimum Gasteiger partial charge on any atom is -0.395 e. The third-order valence-electron chi connectivity index (χ3n) is 3.87. The lowest BCUT2D eigenvalue weighted by Gasteiger charge is -2.30. The number of nitrogens with two attached hydrogens (primary N) is 1. The van der Waals surface area contributed by atoms with Gasteiger partial charge in [0, 0.05) is 11.0 Å². The van der Waals surface area contributed by atoms with Crippen molar-refractivity contribution in [3.05, 3.63) is 28.5 Å². The molecule has 0 aromatic heterocycles. The predicted molar refractivity (Wildman–Crippen MR) is 90.3 cm³/mol. The number of carbonyl (C=O) groups excluding carboxylic acids is 1. The van der Waals surface area contributed by atoms with Gasteiger partial charge in [-0.3, -0.25) is 4.79 Å². The molecule has 5 heteroatoms. The average molecular weight is 327 g/mol. The number of nitrogens with one attached hydrogen (secondary N) is 1. The van der Waals surface area contributed by atoms with E-state index < -0.39 is 11.2 Å². The van der Waals surface area contributed by atoms with Crippen molar-refractivity contribution in [2.45, 2.75) is 47.0 Å². The number of carbonyl (C=O) groups is 1. The van der Waals surface area contributed by atoms with Gasteiger partial charge in [-0.25, -0.2) is 4.39 Å². The van der Waals surface area contributed by atoms with Gasteiger partial charge in [-0.1, -0.05) is 39.3 Å². The molecule has 1 aromatic carbocycles. The van der Waals surface area contributed by atoms with Crippen LogP contribution < -0.4 is 5.73 Å². The molecule has 3 nitrogen and oxygen atoms in total. The maximum absolute atomic E-state index is 13.7. The van der Waals surface area contributed by atoms with E-state index in [4.69, 9.17) is 22.7 Å². The van der Waals surface area contributed by atoms with Crippen LogP contribution in [0.3, 0.4) is 0 Å². The van der Waals surface area contributed by atoms with E-state index in [1.54, 1.807) is 0 Å². The standard InChI is InChI=1S/C17H24ClFN2O/c1-16(2,3)5-6-17(4,7-8-20)15(22)11-9-12(18)14(21)13(19)10-11/h8-10,20H,5-7,21H2,1-4H3/t17-/m0/s1. The van der Waals surface area contributed by atoms with E-state index in [1.807, 2.05) is 6.92 Å². The second kappa shape index (κ2) is 6.78. The van der Waals surface area contributed by atoms with Gasteiger partial charge in [0.15, 0.2) is 5.78 Å². The van der Waals surface area contributed by atoms with Crippen molar-refractivity contribution in [3.63, 3.8) is 0 Å². The average Bonchev–Trinajstić information content (AvgIpc) is 2.41. The molecule has 0 fully saturated rings. The summed E-state index contributed by atoms with van der Waals surface area (Å²) in [6.45, 7) is 8.11. The van der Waals surface area contributed by atoms with Crippen molar-refractivity contribution in [2.24, 2.45) is 10.8 Å². The maximum Gasteiger partial charge on any atom is 0.169 e. The molecular weight excluding hydrogens is 303 g/mol. The van der Waals surface area contributed by atoms with Gasteiger partial charge in [0.1, 0.15) is 5.82 Å². The Balaban J connectivity index is 3.15. The van der Waals surface area contributed by atoms with Crippen LogP contribution in [0.4, 0.5) is 10.1 Å². The Hall–Kier alpha value is -1.42. The molecule has 3 N–H and O–H groups in total. The number of rotatable bonds is 6. The van der Waals surface area contributed by atoms with E-state index >= 15 is 0 Å². The Morgan fingerprint density at radius 3 is 2.36 bits per heavy atom. The van der Waals surface area contributed by atoms with Crippen molar-refractivity contribution in [1.29, 1.82) is 5.41 Å². The molecule has 0 radical (unpaired) electrons. The van der Waals surface area contributed by atoms with E-state index in [1.165, 1.54) is 12.3 Å². The van der Waals surface area contributed by atoms with Gasteiger partial charge < -0.3 is 11.1 Å². The first-order valence-electron chi connectivity index (χ1n) is 7.28. The molecular formula is C17H24ClFN2O. The molecule has 0 saturated carbocycles. The lowest BCUT2D eigenvalue weighted by atomic mass is 9.72. The van der Waals surface area contributed by atoms with Gasteiger partial charge >= 0.3 is 0 Å². The van der Waals surface area contributed by atoms with Gasteiger partial charge in [-0.2, -0.15) is 0 Å². The molecule has 0 saturated heterocycles. The largest absolute Gasteiger partial charge is 0.395 e. The number of anilines is 1. The molecule has 0 aliphatic heterocycles. The van der Waals surface area contributed by atoms with Gasteiger partial charge in [0.05, 0.1) is 10.7 Å². The van der Waals surface area contributed by atoms with E-state index in [-0.39, 0.29) is 27.5 Å². The quantitative estimate of drug-likeness (QED) is 0.433. The molecule has 0 unspecified atom stereocenters. The van der Waals surface area contributed by atoms with E-state index in [0.717, 1.165) is 12.5 Å². The highest BCUT2D eigenvalue weighted by Crippen LogP contribution is 2.37. The summed E-state index contributed by atoms with van der Waals surface area (Å²) in [4.78, 5) is 12.8. The zero-order chi connectivity index (χ0) is 17.1. The Kier molecular flexibility index (Phi) is 5.74. The highest BCUT2D eigenvalue weighted by atomic mass is 35.5. The van der Waals surface area contributed by atoms with Crippen LogP contribution >= 0.6 is 11.6 Å². The fourth-order valence-electron chi connectivity index (χ4n) is 2.25. The Labute approximate surface area is 136 Å². The third-order valence-corrected chi connectivity index (χ3v) is 4.18. The maximum atomic E-state index is 13.7. The van der Waals surface area contributed by atoms with Crippen LogP contribution in [-0.2, 0) is 0 Å². The fourth-order valence-corrected chi connectivity index (χ4v) is 2.46. The molecule has 0 amide bonds. The molecule has 1 aromatic rings. The summed E-state index contributed by atoms with van der Waals surface area (Å²) in [6, 6.07) is 2.53. The van der Waals surface area contributed by atoms with Gasteiger partial charge in [-0.05, 0) is 43.0 Å². The summed E-state index contributed by atoms with van der Waals surface area (Å²) in [7, 11) is 0. The van der Waals surface area contributed by atoms with Gasteiger partial charge in [-0.15, -0.1) is 0 Å². The molecule has 0 spiro atoms. The van der Waals surface area contributed by atoms with Crippen molar-refractivity contribution in [2.75, 3.05) is 5.73 Å². The normalized spacial score (nSPS) is 14.5.